The standard InChI is InChI=1S/C12H21NO6/c1-2-8-19-12(18)13-9(11(16)17)6-4-3-5-7-10(14)15/h9H,2-8H2,1H3,(H,13,18)(H,14,15)(H,16,17). The lowest BCUT2D eigenvalue weighted by molar-refractivity contribution is -0.140. The molecule has 0 rings (SSSR count). The van der Waals surface area contributed by atoms with E-state index in [-0.39, 0.29) is 19.4 Å². The van der Waals surface area contributed by atoms with Gasteiger partial charge in [0.15, 0.2) is 0 Å². The second-order valence-corrected chi connectivity index (χ2v) is 4.16. The zero-order valence-electron chi connectivity index (χ0n) is 11.1. The Morgan fingerprint density at radius 3 is 2.37 bits per heavy atom. The first kappa shape index (κ1) is 17.2. The van der Waals surface area contributed by atoms with E-state index in [4.69, 9.17) is 14.9 Å². The molecule has 0 spiro atoms. The lowest BCUT2D eigenvalue weighted by atomic mass is 10.1. The second-order valence-electron chi connectivity index (χ2n) is 4.16. The summed E-state index contributed by atoms with van der Waals surface area (Å²) in [5.41, 5.74) is 0. The SMILES string of the molecule is CCCOC(=O)NC(CCCCCC(=O)O)C(=O)O. The van der Waals surface area contributed by atoms with Crippen molar-refractivity contribution in [2.24, 2.45) is 0 Å². The first-order valence-corrected chi connectivity index (χ1v) is 6.35. The molecule has 1 amide bonds. The molecule has 0 saturated heterocycles. The summed E-state index contributed by atoms with van der Waals surface area (Å²) >= 11 is 0. The fourth-order valence-corrected chi connectivity index (χ4v) is 1.44. The van der Waals surface area contributed by atoms with Crippen LogP contribution in [0.4, 0.5) is 4.79 Å². The first-order chi connectivity index (χ1) is 8.97. The smallest absolute Gasteiger partial charge is 0.407 e. The van der Waals surface area contributed by atoms with Crippen LogP contribution in [0, 0.1) is 0 Å². The van der Waals surface area contributed by atoms with Gasteiger partial charge in [0.05, 0.1) is 6.61 Å². The molecular formula is C12H21NO6. The van der Waals surface area contributed by atoms with Crippen molar-refractivity contribution in [2.75, 3.05) is 6.61 Å². The normalized spacial score (nSPS) is 11.6. The number of alkyl carbamates (subject to hydrolysis) is 1. The van der Waals surface area contributed by atoms with Gasteiger partial charge in [0.25, 0.3) is 0 Å². The highest BCUT2D eigenvalue weighted by atomic mass is 16.5. The molecule has 0 aromatic heterocycles. The lowest BCUT2D eigenvalue weighted by Gasteiger charge is -2.14. The van der Waals surface area contributed by atoms with Crippen molar-refractivity contribution in [1.82, 2.24) is 5.32 Å². The summed E-state index contributed by atoms with van der Waals surface area (Å²) < 4.78 is 4.74. The molecule has 0 aromatic rings. The van der Waals surface area contributed by atoms with Gasteiger partial charge in [-0.2, -0.15) is 0 Å². The average Bonchev–Trinajstić information content (AvgIpc) is 2.33. The number of hydrogen-bond acceptors (Lipinski definition) is 4. The Kier molecular flexibility index (Phi) is 9.20. The second kappa shape index (κ2) is 10.2. The van der Waals surface area contributed by atoms with E-state index in [2.05, 4.69) is 5.32 Å². The molecule has 1 atom stereocenters. The van der Waals surface area contributed by atoms with Crippen LogP contribution in [-0.4, -0.2) is 40.9 Å². The molecule has 0 aliphatic rings. The molecule has 3 N–H and O–H groups in total. The predicted octanol–water partition coefficient (Wildman–Crippen LogP) is 1.61. The zero-order valence-corrected chi connectivity index (χ0v) is 11.1. The molecule has 0 heterocycles. The van der Waals surface area contributed by atoms with E-state index in [0.717, 1.165) is 0 Å². The van der Waals surface area contributed by atoms with Crippen LogP contribution in [0.25, 0.3) is 0 Å². The number of carboxylic acids is 2. The van der Waals surface area contributed by atoms with E-state index in [0.29, 0.717) is 25.7 Å². The van der Waals surface area contributed by atoms with Crippen LogP contribution < -0.4 is 5.32 Å². The van der Waals surface area contributed by atoms with Crippen LogP contribution in [0.2, 0.25) is 0 Å². The average molecular weight is 275 g/mol. The van der Waals surface area contributed by atoms with Crippen molar-refractivity contribution in [3.8, 4) is 0 Å². The van der Waals surface area contributed by atoms with Crippen LogP contribution in [0.15, 0.2) is 0 Å². The molecule has 0 radical (unpaired) electrons. The molecule has 0 aliphatic heterocycles. The topological polar surface area (TPSA) is 113 Å². The van der Waals surface area contributed by atoms with E-state index >= 15 is 0 Å². The maximum absolute atomic E-state index is 11.2. The van der Waals surface area contributed by atoms with Gasteiger partial charge in [-0.1, -0.05) is 19.8 Å². The van der Waals surface area contributed by atoms with Gasteiger partial charge in [-0.3, -0.25) is 4.79 Å². The molecule has 7 nitrogen and oxygen atoms in total. The van der Waals surface area contributed by atoms with Gasteiger partial charge in [-0.15, -0.1) is 0 Å². The van der Waals surface area contributed by atoms with Crippen molar-refractivity contribution in [3.63, 3.8) is 0 Å². The molecule has 0 aromatic carbocycles. The van der Waals surface area contributed by atoms with Gasteiger partial charge in [0, 0.05) is 6.42 Å². The summed E-state index contributed by atoms with van der Waals surface area (Å²) in [6.45, 7) is 2.08. The Bertz CT molecular complexity index is 305. The van der Waals surface area contributed by atoms with Gasteiger partial charge in [0.2, 0.25) is 0 Å². The quantitative estimate of drug-likeness (QED) is 0.522. The molecule has 0 bridgehead atoms. The summed E-state index contributed by atoms with van der Waals surface area (Å²) in [5, 5.41) is 19.6. The van der Waals surface area contributed by atoms with Gasteiger partial charge in [0.1, 0.15) is 6.04 Å². The number of carboxylic acid groups (broad SMARTS) is 2. The lowest BCUT2D eigenvalue weighted by Crippen LogP contribution is -2.41. The van der Waals surface area contributed by atoms with Gasteiger partial charge >= 0.3 is 18.0 Å². The summed E-state index contributed by atoms with van der Waals surface area (Å²) in [4.78, 5) is 32.4. The van der Waals surface area contributed by atoms with E-state index < -0.39 is 24.1 Å². The Hall–Kier alpha value is -1.79. The fourth-order valence-electron chi connectivity index (χ4n) is 1.44. The van der Waals surface area contributed by atoms with Gasteiger partial charge in [-0.05, 0) is 19.3 Å². The van der Waals surface area contributed by atoms with Gasteiger partial charge < -0.3 is 20.3 Å². The van der Waals surface area contributed by atoms with Crippen molar-refractivity contribution < 1.29 is 29.3 Å². The van der Waals surface area contributed by atoms with Crippen LogP contribution in [-0.2, 0) is 14.3 Å². The summed E-state index contributed by atoms with van der Waals surface area (Å²) in [6, 6.07) is -0.991. The highest BCUT2D eigenvalue weighted by Crippen LogP contribution is 2.06. The van der Waals surface area contributed by atoms with Crippen LogP contribution in [0.1, 0.15) is 45.4 Å². The number of ether oxygens (including phenoxy) is 1. The highest BCUT2D eigenvalue weighted by molar-refractivity contribution is 5.79. The Morgan fingerprint density at radius 2 is 1.84 bits per heavy atom. The van der Waals surface area contributed by atoms with Crippen molar-refractivity contribution in [3.05, 3.63) is 0 Å². The Labute approximate surface area is 111 Å². The minimum absolute atomic E-state index is 0.0731. The minimum Gasteiger partial charge on any atom is -0.481 e. The van der Waals surface area contributed by atoms with Crippen LogP contribution >= 0.6 is 0 Å². The van der Waals surface area contributed by atoms with E-state index in [1.165, 1.54) is 0 Å². The molecule has 1 unspecified atom stereocenters. The Balaban J connectivity index is 3.89. The third-order valence-corrected chi connectivity index (χ3v) is 2.41. The minimum atomic E-state index is -1.12. The third-order valence-electron chi connectivity index (χ3n) is 2.41. The number of unbranched alkanes of at least 4 members (excludes halogenated alkanes) is 2. The maximum Gasteiger partial charge on any atom is 0.407 e. The number of carbonyl (C=O) groups is 3. The van der Waals surface area contributed by atoms with Crippen LogP contribution in [0.3, 0.4) is 0 Å². The first-order valence-electron chi connectivity index (χ1n) is 6.35. The van der Waals surface area contributed by atoms with Crippen molar-refractivity contribution in [2.45, 2.75) is 51.5 Å². The molecule has 7 heteroatoms. The monoisotopic (exact) mass is 275 g/mol. The molecule has 19 heavy (non-hydrogen) atoms. The highest BCUT2D eigenvalue weighted by Gasteiger charge is 2.19. The number of amides is 1. The number of hydrogen-bond donors (Lipinski definition) is 3. The molecule has 110 valence electrons. The summed E-state index contributed by atoms with van der Waals surface area (Å²) in [6.07, 6.45) is 1.92. The molecule has 0 saturated carbocycles. The molecular weight excluding hydrogens is 254 g/mol. The van der Waals surface area contributed by atoms with Crippen molar-refractivity contribution in [1.29, 1.82) is 0 Å². The van der Waals surface area contributed by atoms with E-state index in [1.54, 1.807) is 0 Å². The molecule has 0 fully saturated rings. The maximum atomic E-state index is 11.2. The predicted molar refractivity (Wildman–Crippen MR) is 66.9 cm³/mol. The number of rotatable bonds is 10. The third kappa shape index (κ3) is 9.87. The van der Waals surface area contributed by atoms with E-state index in [1.807, 2.05) is 6.92 Å². The zero-order chi connectivity index (χ0) is 14.7. The summed E-state index contributed by atoms with van der Waals surface area (Å²) in [5.74, 6) is -1.98. The van der Waals surface area contributed by atoms with Gasteiger partial charge in [-0.25, -0.2) is 9.59 Å². The largest absolute Gasteiger partial charge is 0.481 e. The Morgan fingerprint density at radius 1 is 1.16 bits per heavy atom. The summed E-state index contributed by atoms with van der Waals surface area (Å²) in [7, 11) is 0. The number of carbonyl (C=O) groups excluding carboxylic acids is 1. The van der Waals surface area contributed by atoms with Crippen LogP contribution in [0.5, 0.6) is 0 Å². The van der Waals surface area contributed by atoms with E-state index in [9.17, 15) is 14.4 Å². The fraction of sp³-hybridized carbons (Fsp3) is 0.750. The molecule has 0 aliphatic carbocycles. The number of aliphatic carboxylic acids is 2. The number of nitrogens with one attached hydrogen (secondary N) is 1. The van der Waals surface area contributed by atoms with Crippen molar-refractivity contribution >= 4 is 18.0 Å².